The Kier molecular flexibility index (Phi) is 6.09. The highest BCUT2D eigenvalue weighted by Gasteiger charge is 2.04. The molecule has 104 valence electrons. The van der Waals surface area contributed by atoms with Crippen molar-refractivity contribution >= 4 is 5.97 Å². The van der Waals surface area contributed by atoms with Crippen LogP contribution < -0.4 is 4.74 Å². The Labute approximate surface area is 114 Å². The van der Waals surface area contributed by atoms with E-state index < -0.39 is 5.97 Å². The van der Waals surface area contributed by atoms with Gasteiger partial charge in [-0.05, 0) is 32.0 Å². The Hall–Kier alpha value is -1.81. The number of carboxylic acid groups (broad SMARTS) is 1. The van der Waals surface area contributed by atoms with Gasteiger partial charge in [0, 0.05) is 19.2 Å². The number of hydrogen-bond acceptors (Lipinski definition) is 3. The molecular formula is C15H21NO3. The predicted molar refractivity (Wildman–Crippen MR) is 75.7 cm³/mol. The van der Waals surface area contributed by atoms with Gasteiger partial charge in [0.25, 0.3) is 0 Å². The summed E-state index contributed by atoms with van der Waals surface area (Å²) in [6, 6.07) is 6.14. The van der Waals surface area contributed by atoms with E-state index in [1.807, 2.05) is 19.2 Å². The van der Waals surface area contributed by atoms with Crippen LogP contribution in [0.15, 0.2) is 30.4 Å². The molecule has 1 aromatic rings. The number of aliphatic carboxylic acids is 1. The smallest absolute Gasteiger partial charge is 0.328 e. The van der Waals surface area contributed by atoms with Crippen molar-refractivity contribution in [3.05, 3.63) is 41.5 Å². The molecule has 0 saturated carbocycles. The van der Waals surface area contributed by atoms with Gasteiger partial charge >= 0.3 is 5.97 Å². The highest BCUT2D eigenvalue weighted by molar-refractivity contribution is 5.79. The van der Waals surface area contributed by atoms with E-state index in [1.54, 1.807) is 13.2 Å². The lowest BCUT2D eigenvalue weighted by Gasteiger charge is -2.16. The minimum Gasteiger partial charge on any atom is -0.496 e. The van der Waals surface area contributed by atoms with Crippen LogP contribution in [0.5, 0.6) is 5.75 Å². The standard InChI is InChI=1S/C15H21NO3/c1-12-6-7-14(19-3)13(11-12)8-10-16(2)9-4-5-15(17)18/h4-7,11H,8-10H2,1-3H3,(H,17,18)/b5-4+. The van der Waals surface area contributed by atoms with E-state index in [2.05, 4.69) is 17.9 Å². The van der Waals surface area contributed by atoms with E-state index in [0.29, 0.717) is 6.54 Å². The van der Waals surface area contributed by atoms with Crippen LogP contribution in [0, 0.1) is 6.92 Å². The SMILES string of the molecule is COc1ccc(C)cc1CCN(C)C/C=C/C(=O)O. The van der Waals surface area contributed by atoms with Gasteiger partial charge in [-0.15, -0.1) is 0 Å². The summed E-state index contributed by atoms with van der Waals surface area (Å²) >= 11 is 0. The van der Waals surface area contributed by atoms with E-state index in [4.69, 9.17) is 9.84 Å². The van der Waals surface area contributed by atoms with Crippen molar-refractivity contribution in [3.63, 3.8) is 0 Å². The summed E-state index contributed by atoms with van der Waals surface area (Å²) in [6.07, 6.45) is 3.70. The molecular weight excluding hydrogens is 242 g/mol. The Bertz CT molecular complexity index is 455. The molecule has 1 aromatic carbocycles. The maximum Gasteiger partial charge on any atom is 0.328 e. The zero-order valence-corrected chi connectivity index (χ0v) is 11.7. The number of nitrogens with zero attached hydrogens (tertiary/aromatic N) is 1. The Morgan fingerprint density at radius 3 is 2.84 bits per heavy atom. The van der Waals surface area contributed by atoms with Crippen LogP contribution in [-0.2, 0) is 11.2 Å². The zero-order valence-electron chi connectivity index (χ0n) is 11.7. The predicted octanol–water partition coefficient (Wildman–Crippen LogP) is 2.12. The van der Waals surface area contributed by atoms with Gasteiger partial charge in [0.15, 0.2) is 0 Å². The first-order chi connectivity index (χ1) is 9.02. The van der Waals surface area contributed by atoms with Gasteiger partial charge in [-0.2, -0.15) is 0 Å². The number of likely N-dealkylation sites (N-methyl/N-ethyl adjacent to an activating group) is 1. The summed E-state index contributed by atoms with van der Waals surface area (Å²) in [5, 5.41) is 8.51. The number of ether oxygens (including phenoxy) is 1. The van der Waals surface area contributed by atoms with Crippen LogP contribution in [0.25, 0.3) is 0 Å². The molecule has 0 radical (unpaired) electrons. The number of benzene rings is 1. The van der Waals surface area contributed by atoms with Gasteiger partial charge in [0.2, 0.25) is 0 Å². The van der Waals surface area contributed by atoms with E-state index in [-0.39, 0.29) is 0 Å². The molecule has 0 heterocycles. The third-order valence-corrected chi connectivity index (χ3v) is 2.88. The highest BCUT2D eigenvalue weighted by Crippen LogP contribution is 2.20. The van der Waals surface area contributed by atoms with Gasteiger partial charge in [-0.3, -0.25) is 0 Å². The van der Waals surface area contributed by atoms with Crippen molar-refractivity contribution in [2.75, 3.05) is 27.2 Å². The fourth-order valence-electron chi connectivity index (χ4n) is 1.84. The van der Waals surface area contributed by atoms with Gasteiger partial charge in [-0.1, -0.05) is 23.8 Å². The number of carboxylic acids is 1. The van der Waals surface area contributed by atoms with E-state index in [9.17, 15) is 4.79 Å². The molecule has 0 spiro atoms. The number of rotatable bonds is 7. The lowest BCUT2D eigenvalue weighted by Crippen LogP contribution is -2.21. The first-order valence-electron chi connectivity index (χ1n) is 6.24. The molecule has 0 unspecified atom stereocenters. The van der Waals surface area contributed by atoms with Crippen LogP contribution in [-0.4, -0.2) is 43.2 Å². The summed E-state index contributed by atoms with van der Waals surface area (Å²) in [5.41, 5.74) is 2.39. The lowest BCUT2D eigenvalue weighted by molar-refractivity contribution is -0.131. The molecule has 0 saturated heterocycles. The van der Waals surface area contributed by atoms with Gasteiger partial charge in [0.05, 0.1) is 7.11 Å². The summed E-state index contributed by atoms with van der Waals surface area (Å²) < 4.78 is 5.34. The van der Waals surface area contributed by atoms with Crippen molar-refractivity contribution < 1.29 is 14.6 Å². The normalized spacial score (nSPS) is 11.2. The molecule has 0 aliphatic heterocycles. The zero-order chi connectivity index (χ0) is 14.3. The van der Waals surface area contributed by atoms with Crippen LogP contribution in [0.3, 0.4) is 0 Å². The molecule has 1 N–H and O–H groups in total. The topological polar surface area (TPSA) is 49.8 Å². The molecule has 19 heavy (non-hydrogen) atoms. The average molecular weight is 263 g/mol. The number of aryl methyl sites for hydroxylation is 1. The van der Waals surface area contributed by atoms with Crippen LogP contribution in [0.1, 0.15) is 11.1 Å². The molecule has 0 atom stereocenters. The monoisotopic (exact) mass is 263 g/mol. The number of methoxy groups -OCH3 is 1. The maximum absolute atomic E-state index is 10.4. The van der Waals surface area contributed by atoms with Gasteiger partial charge in [-0.25, -0.2) is 4.79 Å². The average Bonchev–Trinajstić information content (AvgIpc) is 2.36. The lowest BCUT2D eigenvalue weighted by atomic mass is 10.1. The van der Waals surface area contributed by atoms with Crippen LogP contribution >= 0.6 is 0 Å². The largest absolute Gasteiger partial charge is 0.496 e. The third kappa shape index (κ3) is 5.57. The molecule has 0 aliphatic rings. The second-order valence-corrected chi connectivity index (χ2v) is 4.57. The second-order valence-electron chi connectivity index (χ2n) is 4.57. The van der Waals surface area contributed by atoms with Crippen molar-refractivity contribution in [1.29, 1.82) is 0 Å². The Morgan fingerprint density at radius 1 is 1.47 bits per heavy atom. The molecule has 0 amide bonds. The minimum absolute atomic E-state index is 0.625. The quantitative estimate of drug-likeness (QED) is 0.766. The third-order valence-electron chi connectivity index (χ3n) is 2.88. The summed E-state index contributed by atoms with van der Waals surface area (Å²) in [6.45, 7) is 3.53. The molecule has 0 fully saturated rings. The molecule has 0 aliphatic carbocycles. The van der Waals surface area contributed by atoms with Crippen molar-refractivity contribution in [2.45, 2.75) is 13.3 Å². The van der Waals surface area contributed by atoms with Crippen LogP contribution in [0.4, 0.5) is 0 Å². The summed E-state index contributed by atoms with van der Waals surface area (Å²) in [4.78, 5) is 12.4. The Morgan fingerprint density at radius 2 is 2.21 bits per heavy atom. The van der Waals surface area contributed by atoms with Crippen molar-refractivity contribution in [1.82, 2.24) is 4.90 Å². The fourth-order valence-corrected chi connectivity index (χ4v) is 1.84. The summed E-state index contributed by atoms with van der Waals surface area (Å²) in [5.74, 6) is -0.00571. The number of hydrogen-bond donors (Lipinski definition) is 1. The van der Waals surface area contributed by atoms with Crippen LogP contribution in [0.2, 0.25) is 0 Å². The fraction of sp³-hybridized carbons (Fsp3) is 0.400. The minimum atomic E-state index is -0.909. The van der Waals surface area contributed by atoms with Gasteiger partial charge in [0.1, 0.15) is 5.75 Å². The van der Waals surface area contributed by atoms with Gasteiger partial charge < -0.3 is 14.7 Å². The van der Waals surface area contributed by atoms with E-state index in [1.165, 1.54) is 17.2 Å². The molecule has 4 heteroatoms. The summed E-state index contributed by atoms with van der Waals surface area (Å²) in [7, 11) is 3.64. The molecule has 4 nitrogen and oxygen atoms in total. The first-order valence-corrected chi connectivity index (χ1v) is 6.24. The number of carbonyl (C=O) groups is 1. The van der Waals surface area contributed by atoms with E-state index in [0.717, 1.165) is 18.7 Å². The van der Waals surface area contributed by atoms with Crippen molar-refractivity contribution in [3.8, 4) is 5.75 Å². The maximum atomic E-state index is 10.4. The second kappa shape index (κ2) is 7.59. The van der Waals surface area contributed by atoms with Crippen molar-refractivity contribution in [2.24, 2.45) is 0 Å². The molecule has 0 bridgehead atoms. The molecule has 1 rings (SSSR count). The highest BCUT2D eigenvalue weighted by atomic mass is 16.5. The van der Waals surface area contributed by atoms with E-state index >= 15 is 0 Å². The first kappa shape index (κ1) is 15.2. The molecule has 0 aromatic heterocycles. The Balaban J connectivity index is 2.52.